The van der Waals surface area contributed by atoms with Gasteiger partial charge in [0.1, 0.15) is 4.90 Å². The predicted molar refractivity (Wildman–Crippen MR) is 118 cm³/mol. The second kappa shape index (κ2) is 10.0. The minimum Gasteiger partial charge on any atom is -0.504 e. The number of hydrogen-bond donors (Lipinski definition) is 3. The molecule has 0 aromatic heterocycles. The number of phenols is 1. The number of urea groups is 1. The van der Waals surface area contributed by atoms with E-state index in [1.165, 1.54) is 30.3 Å². The second-order valence-electron chi connectivity index (χ2n) is 6.31. The number of hydrogen-bond acceptors (Lipinski definition) is 5. The fraction of sp³-hybridized carbons (Fsp3) is 0.278. The van der Waals surface area contributed by atoms with Crippen LogP contribution in [-0.4, -0.2) is 38.8 Å². The highest BCUT2D eigenvalue weighted by Gasteiger charge is 2.29. The van der Waals surface area contributed by atoms with E-state index in [0.717, 1.165) is 4.90 Å². The van der Waals surface area contributed by atoms with Gasteiger partial charge in [0.2, 0.25) is 10.0 Å². The zero-order chi connectivity index (χ0) is 22.6. The first kappa shape index (κ1) is 24.5. The maximum atomic E-state index is 12.7. The summed E-state index contributed by atoms with van der Waals surface area (Å²) >= 11 is 18.2. The first-order chi connectivity index (χ1) is 14.0. The smallest absolute Gasteiger partial charge is 0.324 e. The van der Waals surface area contributed by atoms with Crippen LogP contribution in [0.4, 0.5) is 16.2 Å². The second-order valence-corrected chi connectivity index (χ2v) is 9.20. The highest BCUT2D eigenvalue weighted by molar-refractivity contribution is 7.89. The van der Waals surface area contributed by atoms with Gasteiger partial charge in [-0.1, -0.05) is 40.9 Å². The van der Waals surface area contributed by atoms with E-state index >= 15 is 0 Å². The molecular weight excluding hydrogens is 477 g/mol. The molecule has 2 rings (SSSR count). The van der Waals surface area contributed by atoms with Crippen molar-refractivity contribution in [2.75, 3.05) is 18.1 Å². The van der Waals surface area contributed by atoms with E-state index in [1.807, 2.05) is 0 Å². The van der Waals surface area contributed by atoms with Crippen molar-refractivity contribution in [1.82, 2.24) is 4.72 Å². The molecule has 30 heavy (non-hydrogen) atoms. The molecule has 0 heterocycles. The van der Waals surface area contributed by atoms with Crippen LogP contribution in [-0.2, 0) is 14.8 Å². The highest BCUT2D eigenvalue weighted by Crippen LogP contribution is 2.43. The van der Waals surface area contributed by atoms with Crippen LogP contribution < -0.4 is 15.4 Å². The van der Waals surface area contributed by atoms with Crippen LogP contribution in [0.15, 0.2) is 35.2 Å². The van der Waals surface area contributed by atoms with Gasteiger partial charge >= 0.3 is 6.03 Å². The van der Waals surface area contributed by atoms with Gasteiger partial charge in [0.15, 0.2) is 5.75 Å². The van der Waals surface area contributed by atoms with Crippen molar-refractivity contribution in [2.24, 2.45) is 5.73 Å². The van der Waals surface area contributed by atoms with Crippen molar-refractivity contribution < 1.29 is 23.1 Å². The van der Waals surface area contributed by atoms with Gasteiger partial charge in [0, 0.05) is 6.54 Å². The van der Waals surface area contributed by atoms with E-state index in [0.29, 0.717) is 0 Å². The molecule has 2 aromatic rings. The van der Waals surface area contributed by atoms with Crippen LogP contribution in [0.2, 0.25) is 15.1 Å². The zero-order valence-corrected chi connectivity index (χ0v) is 19.1. The Balaban J connectivity index is 2.53. The Hall–Kier alpha value is -1.75. The highest BCUT2D eigenvalue weighted by atomic mass is 35.5. The summed E-state index contributed by atoms with van der Waals surface area (Å²) in [5.74, 6) is -0.783. The molecule has 2 amide bonds. The average molecular weight is 497 g/mol. The summed E-state index contributed by atoms with van der Waals surface area (Å²) in [6.45, 7) is 3.67. The largest absolute Gasteiger partial charge is 0.504 e. The van der Waals surface area contributed by atoms with Crippen molar-refractivity contribution in [3.8, 4) is 5.75 Å². The number of nitrogens with zero attached hydrogens (tertiary/aromatic N) is 1. The lowest BCUT2D eigenvalue weighted by atomic mass is 10.2. The number of carbonyl (C=O) groups excluding carboxylic acids is 1. The lowest BCUT2D eigenvalue weighted by Gasteiger charge is -2.24. The summed E-state index contributed by atoms with van der Waals surface area (Å²) in [6, 6.07) is 5.86. The number of phenolic OH excluding ortho intramolecular Hbond substituents is 1. The molecule has 0 radical (unpaired) electrons. The van der Waals surface area contributed by atoms with Gasteiger partial charge in [0.25, 0.3) is 0 Å². The molecule has 0 unspecified atom stereocenters. The molecule has 0 fully saturated rings. The number of halogens is 3. The Morgan fingerprint density at radius 3 is 2.43 bits per heavy atom. The number of rotatable bonds is 8. The number of amides is 2. The van der Waals surface area contributed by atoms with Crippen LogP contribution in [0, 0.1) is 0 Å². The lowest BCUT2D eigenvalue weighted by molar-refractivity contribution is 0.0834. The molecule has 0 atom stereocenters. The van der Waals surface area contributed by atoms with Crippen molar-refractivity contribution >= 4 is 62.2 Å². The normalized spacial score (nSPS) is 11.7. The minimum atomic E-state index is -4.25. The Kier molecular flexibility index (Phi) is 8.20. The maximum Gasteiger partial charge on any atom is 0.324 e. The molecule has 164 valence electrons. The summed E-state index contributed by atoms with van der Waals surface area (Å²) in [6.07, 6.45) is -0.0820. The number of anilines is 2. The van der Waals surface area contributed by atoms with Crippen molar-refractivity contribution in [3.05, 3.63) is 45.4 Å². The first-order valence-electron chi connectivity index (χ1n) is 8.63. The van der Waals surface area contributed by atoms with Crippen molar-refractivity contribution in [1.29, 1.82) is 0 Å². The molecule has 8 nitrogen and oxygen atoms in total. The SMILES string of the molecule is CC(C)OCCNS(=O)(=O)c1c(Cl)ccc(N(C(N)=O)c2cccc(Cl)c2Cl)c1O. The summed E-state index contributed by atoms with van der Waals surface area (Å²) in [5, 5.41) is 10.6. The fourth-order valence-electron chi connectivity index (χ4n) is 2.55. The summed E-state index contributed by atoms with van der Waals surface area (Å²) in [4.78, 5) is 12.4. The lowest BCUT2D eigenvalue weighted by Crippen LogP contribution is -2.32. The molecule has 0 aliphatic carbocycles. The Morgan fingerprint density at radius 1 is 1.17 bits per heavy atom. The van der Waals surface area contributed by atoms with Crippen molar-refractivity contribution in [2.45, 2.75) is 24.8 Å². The number of nitrogens with one attached hydrogen (secondary N) is 1. The molecule has 4 N–H and O–H groups in total. The number of aromatic hydroxyl groups is 1. The number of ether oxygens (including phenoxy) is 1. The van der Waals surface area contributed by atoms with Crippen LogP contribution in [0.5, 0.6) is 5.75 Å². The fourth-order valence-corrected chi connectivity index (χ4v) is 4.56. The van der Waals surface area contributed by atoms with Gasteiger partial charge in [-0.25, -0.2) is 17.9 Å². The van der Waals surface area contributed by atoms with Crippen LogP contribution in [0.1, 0.15) is 13.8 Å². The molecule has 0 saturated heterocycles. The average Bonchev–Trinajstić information content (AvgIpc) is 2.64. The molecule has 0 saturated carbocycles. The van der Waals surface area contributed by atoms with Gasteiger partial charge in [0.05, 0.1) is 39.2 Å². The Morgan fingerprint density at radius 2 is 1.83 bits per heavy atom. The molecule has 0 aliphatic heterocycles. The zero-order valence-electron chi connectivity index (χ0n) is 16.0. The van der Waals surface area contributed by atoms with E-state index < -0.39 is 26.7 Å². The molecule has 0 spiro atoms. The van der Waals surface area contributed by atoms with E-state index in [4.69, 9.17) is 45.3 Å². The standard InChI is InChI=1S/C18H20Cl3N3O5S/c1-10(2)29-9-8-23-30(27,28)17-12(20)6-7-14(16(17)25)24(18(22)26)13-5-3-4-11(19)15(13)21/h3-7,10,23,25H,8-9H2,1-2H3,(H2,22,26). The van der Waals surface area contributed by atoms with Gasteiger partial charge in [-0.3, -0.25) is 4.90 Å². The van der Waals surface area contributed by atoms with E-state index in [1.54, 1.807) is 13.8 Å². The minimum absolute atomic E-state index is 0.0133. The predicted octanol–water partition coefficient (Wildman–Crippen LogP) is 4.27. The monoisotopic (exact) mass is 495 g/mol. The Labute approximate surface area is 189 Å². The maximum absolute atomic E-state index is 12.7. The van der Waals surface area contributed by atoms with Crippen LogP contribution in [0.3, 0.4) is 0 Å². The number of primary amides is 1. The Bertz CT molecular complexity index is 1050. The van der Waals surface area contributed by atoms with Crippen LogP contribution >= 0.6 is 34.8 Å². The molecule has 2 aromatic carbocycles. The van der Waals surface area contributed by atoms with Crippen LogP contribution in [0.25, 0.3) is 0 Å². The number of benzene rings is 2. The third-order valence-corrected chi connectivity index (χ3v) is 6.58. The molecule has 0 bridgehead atoms. The van der Waals surface area contributed by atoms with Gasteiger partial charge in [-0.05, 0) is 38.1 Å². The van der Waals surface area contributed by atoms with E-state index in [-0.39, 0.29) is 45.7 Å². The number of carbonyl (C=O) groups is 1. The summed E-state index contributed by atoms with van der Waals surface area (Å²) < 4.78 is 33.0. The van der Waals surface area contributed by atoms with E-state index in [9.17, 15) is 18.3 Å². The van der Waals surface area contributed by atoms with Gasteiger partial charge in [-0.15, -0.1) is 0 Å². The van der Waals surface area contributed by atoms with Gasteiger partial charge in [-0.2, -0.15) is 0 Å². The van der Waals surface area contributed by atoms with Crippen molar-refractivity contribution in [3.63, 3.8) is 0 Å². The topological polar surface area (TPSA) is 122 Å². The third-order valence-electron chi connectivity index (χ3n) is 3.81. The van der Waals surface area contributed by atoms with E-state index in [2.05, 4.69) is 4.72 Å². The number of nitrogens with two attached hydrogens (primary N) is 1. The van der Waals surface area contributed by atoms with Gasteiger partial charge < -0.3 is 15.6 Å². The number of sulfonamides is 1. The first-order valence-corrected chi connectivity index (χ1v) is 11.3. The molecule has 12 heteroatoms. The summed E-state index contributed by atoms with van der Waals surface area (Å²) in [7, 11) is -4.25. The third kappa shape index (κ3) is 5.48. The quantitative estimate of drug-likeness (QED) is 0.471. The summed E-state index contributed by atoms with van der Waals surface area (Å²) in [5.41, 5.74) is 5.28. The molecule has 0 aliphatic rings. The molecular formula is C18H20Cl3N3O5S.